The highest BCUT2D eigenvalue weighted by Crippen LogP contribution is 2.41. The summed E-state index contributed by atoms with van der Waals surface area (Å²) in [5.74, 6) is 0.789. The van der Waals surface area contributed by atoms with Crippen LogP contribution in [0, 0.1) is 5.92 Å². The second-order valence-electron chi connectivity index (χ2n) is 11.2. The van der Waals surface area contributed by atoms with Crippen molar-refractivity contribution in [2.45, 2.75) is 70.4 Å². The number of rotatable bonds is 7. The summed E-state index contributed by atoms with van der Waals surface area (Å²) >= 11 is 0. The molecule has 0 spiro atoms. The molecular weight excluding hydrogens is 476 g/mol. The molecule has 198 valence electrons. The van der Waals surface area contributed by atoms with E-state index in [-0.39, 0.29) is 12.2 Å². The Morgan fingerprint density at radius 3 is 2.45 bits per heavy atom. The van der Waals surface area contributed by atoms with Crippen molar-refractivity contribution in [1.82, 2.24) is 29.5 Å². The third-order valence-corrected chi connectivity index (χ3v) is 7.78. The minimum Gasteiger partial charge on any atom is -0.345 e. The zero-order valence-corrected chi connectivity index (χ0v) is 22.7. The fourth-order valence-corrected chi connectivity index (χ4v) is 6.03. The van der Waals surface area contributed by atoms with E-state index in [1.54, 1.807) is 0 Å². The van der Waals surface area contributed by atoms with Crippen molar-refractivity contribution in [2.75, 3.05) is 0 Å². The molecule has 0 bridgehead atoms. The molecule has 0 N–H and O–H groups in total. The third-order valence-electron chi connectivity index (χ3n) is 7.78. The Hall–Kier alpha value is -3.36. The molecule has 6 rings (SSSR count). The average Bonchev–Trinajstić information content (AvgIpc) is 3.61. The van der Waals surface area contributed by atoms with Crippen molar-refractivity contribution in [3.63, 3.8) is 0 Å². The first kappa shape index (κ1) is 24.9. The van der Waals surface area contributed by atoms with Gasteiger partial charge in [0.25, 0.3) is 0 Å². The molecule has 1 unspecified atom stereocenters. The van der Waals surface area contributed by atoms with Crippen LogP contribution < -0.4 is 0 Å². The second-order valence-corrected chi connectivity index (χ2v) is 11.2. The van der Waals surface area contributed by atoms with E-state index in [0.717, 1.165) is 65.0 Å². The lowest BCUT2D eigenvalue weighted by atomic mass is 9.81. The first-order valence-electron chi connectivity index (χ1n) is 13.6. The molecule has 8 heteroatoms. The summed E-state index contributed by atoms with van der Waals surface area (Å²) in [7, 11) is 3.87. The second kappa shape index (κ2) is 10.1. The summed E-state index contributed by atoms with van der Waals surface area (Å²) in [6.07, 6.45) is 16.7. The number of ether oxygens (including phenoxy) is 2. The van der Waals surface area contributed by atoms with Crippen LogP contribution in [-0.4, -0.2) is 47.5 Å². The smallest absolute Gasteiger partial charge is 0.163 e. The molecule has 1 saturated heterocycles. The monoisotopic (exact) mass is 512 g/mol. The molecule has 38 heavy (non-hydrogen) atoms. The van der Waals surface area contributed by atoms with Crippen LogP contribution in [0.1, 0.15) is 51.6 Å². The van der Waals surface area contributed by atoms with Crippen molar-refractivity contribution >= 4 is 0 Å². The summed E-state index contributed by atoms with van der Waals surface area (Å²) in [5.41, 5.74) is 6.34. The van der Waals surface area contributed by atoms with Crippen LogP contribution in [0.3, 0.4) is 0 Å². The Bertz CT molecular complexity index is 1420. The molecule has 0 amide bonds. The van der Waals surface area contributed by atoms with Crippen LogP contribution >= 0.6 is 0 Å². The predicted octanol–water partition coefficient (Wildman–Crippen LogP) is 5.59. The van der Waals surface area contributed by atoms with Gasteiger partial charge in [0.1, 0.15) is 0 Å². The molecule has 4 heterocycles. The number of aryl methyl sites for hydroxylation is 3. The SMILES string of the molecule is Cn1cc(-c2cccc(-c3ncc(-c4cnn(C)c4)c(CCCC4CCC[C@@H]5OC(C)(C)O[C@H]45)n3)c2)cn1. The molecule has 1 aromatic carbocycles. The van der Waals surface area contributed by atoms with Crippen LogP contribution in [0.5, 0.6) is 0 Å². The largest absolute Gasteiger partial charge is 0.345 e. The maximum atomic E-state index is 6.33. The Morgan fingerprint density at radius 1 is 0.921 bits per heavy atom. The molecule has 1 saturated carbocycles. The normalized spacial score (nSPS) is 22.5. The average molecular weight is 513 g/mol. The highest BCUT2D eigenvalue weighted by atomic mass is 16.8. The summed E-state index contributed by atoms with van der Waals surface area (Å²) in [5, 5.41) is 8.71. The number of aromatic nitrogens is 6. The van der Waals surface area contributed by atoms with Gasteiger partial charge < -0.3 is 9.47 Å². The zero-order valence-electron chi connectivity index (χ0n) is 22.7. The summed E-state index contributed by atoms with van der Waals surface area (Å²) in [4.78, 5) is 9.90. The first-order valence-corrected chi connectivity index (χ1v) is 13.6. The summed E-state index contributed by atoms with van der Waals surface area (Å²) in [6.45, 7) is 4.07. The van der Waals surface area contributed by atoms with Crippen molar-refractivity contribution < 1.29 is 9.47 Å². The minimum absolute atomic E-state index is 0.202. The molecule has 2 fully saturated rings. The van der Waals surface area contributed by atoms with E-state index in [2.05, 4.69) is 34.5 Å². The Morgan fingerprint density at radius 2 is 1.68 bits per heavy atom. The molecule has 8 nitrogen and oxygen atoms in total. The lowest BCUT2D eigenvalue weighted by Crippen LogP contribution is -2.35. The quantitative estimate of drug-likeness (QED) is 0.321. The number of fused-ring (bicyclic) bond motifs is 1. The van der Waals surface area contributed by atoms with E-state index in [9.17, 15) is 0 Å². The number of benzene rings is 1. The molecule has 4 aromatic rings. The van der Waals surface area contributed by atoms with Crippen LogP contribution in [0.4, 0.5) is 0 Å². The van der Waals surface area contributed by atoms with Gasteiger partial charge in [-0.3, -0.25) is 9.36 Å². The van der Waals surface area contributed by atoms with E-state index >= 15 is 0 Å². The van der Waals surface area contributed by atoms with E-state index in [4.69, 9.17) is 19.4 Å². The van der Waals surface area contributed by atoms with E-state index in [0.29, 0.717) is 5.92 Å². The number of hydrogen-bond acceptors (Lipinski definition) is 6. The highest BCUT2D eigenvalue weighted by molar-refractivity contribution is 5.71. The molecule has 0 radical (unpaired) electrons. The number of hydrogen-bond donors (Lipinski definition) is 0. The van der Waals surface area contributed by atoms with E-state index in [1.807, 2.05) is 68.3 Å². The van der Waals surface area contributed by atoms with Gasteiger partial charge in [-0.2, -0.15) is 10.2 Å². The predicted molar refractivity (Wildman–Crippen MR) is 146 cm³/mol. The maximum Gasteiger partial charge on any atom is 0.163 e. The highest BCUT2D eigenvalue weighted by Gasteiger charge is 2.46. The van der Waals surface area contributed by atoms with Crippen LogP contribution in [-0.2, 0) is 30.0 Å². The maximum absolute atomic E-state index is 6.33. The van der Waals surface area contributed by atoms with E-state index in [1.165, 1.54) is 12.8 Å². The first-order chi connectivity index (χ1) is 18.3. The van der Waals surface area contributed by atoms with Gasteiger partial charge in [0.2, 0.25) is 0 Å². The van der Waals surface area contributed by atoms with Crippen molar-refractivity contribution in [2.24, 2.45) is 20.0 Å². The van der Waals surface area contributed by atoms with Gasteiger partial charge in [-0.25, -0.2) is 9.97 Å². The van der Waals surface area contributed by atoms with Crippen LogP contribution in [0.25, 0.3) is 33.6 Å². The van der Waals surface area contributed by atoms with E-state index < -0.39 is 5.79 Å². The Kier molecular flexibility index (Phi) is 6.61. The molecule has 2 aliphatic rings. The standard InChI is InChI=1S/C30H36N6O2/c1-30(2)37-27-13-7-9-20(28(27)38-30)8-6-12-26-25(24-16-33-36(4)19-24)17-31-29(34-26)22-11-5-10-21(14-22)23-15-32-35(3)18-23/h5,10-11,14-20,27-28H,6-9,12-13H2,1-4H3/t20?,27-,28+/m0/s1. The van der Waals surface area contributed by atoms with Gasteiger partial charge in [-0.15, -0.1) is 0 Å². The summed E-state index contributed by atoms with van der Waals surface area (Å²) in [6, 6.07) is 8.37. The minimum atomic E-state index is -0.475. The molecular formula is C30H36N6O2. The fourth-order valence-electron chi connectivity index (χ4n) is 6.03. The summed E-state index contributed by atoms with van der Waals surface area (Å²) < 4.78 is 16.1. The van der Waals surface area contributed by atoms with Crippen LogP contribution in [0.15, 0.2) is 55.2 Å². The third kappa shape index (κ3) is 5.15. The van der Waals surface area contributed by atoms with Crippen molar-refractivity contribution in [1.29, 1.82) is 0 Å². The zero-order chi connectivity index (χ0) is 26.3. The van der Waals surface area contributed by atoms with Gasteiger partial charge in [0.05, 0.1) is 30.3 Å². The molecule has 1 aliphatic heterocycles. The Balaban J connectivity index is 1.25. The van der Waals surface area contributed by atoms with Crippen molar-refractivity contribution in [3.05, 3.63) is 60.9 Å². The van der Waals surface area contributed by atoms with Gasteiger partial charge >= 0.3 is 0 Å². The van der Waals surface area contributed by atoms with Gasteiger partial charge in [0, 0.05) is 54.9 Å². The van der Waals surface area contributed by atoms with Gasteiger partial charge in [0.15, 0.2) is 11.6 Å². The van der Waals surface area contributed by atoms with Crippen molar-refractivity contribution in [3.8, 4) is 33.6 Å². The fraction of sp³-hybridized carbons (Fsp3) is 0.467. The molecule has 3 aromatic heterocycles. The Labute approximate surface area is 224 Å². The lowest BCUT2D eigenvalue weighted by Gasteiger charge is -2.31. The van der Waals surface area contributed by atoms with Gasteiger partial charge in [-0.05, 0) is 63.5 Å². The van der Waals surface area contributed by atoms with Crippen LogP contribution in [0.2, 0.25) is 0 Å². The lowest BCUT2D eigenvalue weighted by molar-refractivity contribution is -0.149. The number of nitrogens with zero attached hydrogens (tertiary/aromatic N) is 6. The molecule has 3 atom stereocenters. The topological polar surface area (TPSA) is 79.9 Å². The molecule has 1 aliphatic carbocycles. The van der Waals surface area contributed by atoms with Gasteiger partial charge in [-0.1, -0.05) is 24.6 Å².